The van der Waals surface area contributed by atoms with Crippen molar-refractivity contribution < 1.29 is 0 Å². The van der Waals surface area contributed by atoms with Gasteiger partial charge in [-0.3, -0.25) is 9.58 Å². The zero-order valence-electron chi connectivity index (χ0n) is 14.1. The van der Waals surface area contributed by atoms with Gasteiger partial charge in [-0.1, -0.05) is 6.07 Å². The van der Waals surface area contributed by atoms with Crippen LogP contribution in [0.2, 0.25) is 0 Å². The van der Waals surface area contributed by atoms with E-state index >= 15 is 0 Å². The summed E-state index contributed by atoms with van der Waals surface area (Å²) in [6, 6.07) is 10.9. The number of likely N-dealkylation sites (N-methyl/N-ethyl adjacent to an activating group) is 1. The molecule has 1 aliphatic heterocycles. The monoisotopic (exact) mass is 322 g/mol. The quantitative estimate of drug-likeness (QED) is 0.794. The molecule has 6 heteroatoms. The van der Waals surface area contributed by atoms with Crippen LogP contribution in [0.15, 0.2) is 36.5 Å². The highest BCUT2D eigenvalue weighted by atomic mass is 15.2. The molecule has 0 amide bonds. The van der Waals surface area contributed by atoms with E-state index in [2.05, 4.69) is 56.8 Å². The average Bonchev–Trinajstić information content (AvgIpc) is 3.23. The lowest BCUT2D eigenvalue weighted by Crippen LogP contribution is -2.33. The molecule has 1 atom stereocenters. The molecule has 0 spiro atoms. The Balaban J connectivity index is 1.51. The highest BCUT2D eigenvalue weighted by Gasteiger charge is 2.19. The summed E-state index contributed by atoms with van der Waals surface area (Å²) in [5.74, 6) is 0. The van der Waals surface area contributed by atoms with Crippen molar-refractivity contribution in [3.05, 3.63) is 42.2 Å². The summed E-state index contributed by atoms with van der Waals surface area (Å²) in [4.78, 5) is 2.35. The molecule has 0 saturated carbocycles. The van der Waals surface area contributed by atoms with Crippen LogP contribution >= 0.6 is 0 Å². The Kier molecular flexibility index (Phi) is 4.00. The molecule has 1 aromatic carbocycles. The van der Waals surface area contributed by atoms with Crippen LogP contribution in [0, 0.1) is 0 Å². The fourth-order valence-electron chi connectivity index (χ4n) is 3.31. The summed E-state index contributed by atoms with van der Waals surface area (Å²) in [5.41, 5.74) is 3.98. The number of hydrogen-bond acceptors (Lipinski definition) is 5. The van der Waals surface area contributed by atoms with Crippen LogP contribution in [-0.4, -0.2) is 51.1 Å². The number of fused-ring (bicyclic) bond motifs is 1. The maximum absolute atomic E-state index is 4.42. The lowest BCUT2D eigenvalue weighted by Gasteiger charge is -2.22. The zero-order chi connectivity index (χ0) is 16.5. The first kappa shape index (κ1) is 15.2. The molecule has 124 valence electrons. The Morgan fingerprint density at radius 2 is 2.17 bits per heavy atom. The summed E-state index contributed by atoms with van der Waals surface area (Å²) in [5, 5.41) is 17.8. The maximum Gasteiger partial charge on any atom is 0.0930 e. The Bertz CT molecular complexity index is 832. The molecule has 2 aromatic heterocycles. The number of aryl methyl sites for hydroxylation is 1. The van der Waals surface area contributed by atoms with Gasteiger partial charge in [0.15, 0.2) is 0 Å². The lowest BCUT2D eigenvalue weighted by atomic mass is 10.1. The van der Waals surface area contributed by atoms with Crippen LogP contribution in [0.4, 0.5) is 0 Å². The fourth-order valence-corrected chi connectivity index (χ4v) is 3.31. The van der Waals surface area contributed by atoms with Gasteiger partial charge in [-0.05, 0) is 44.3 Å². The van der Waals surface area contributed by atoms with Crippen molar-refractivity contribution in [2.75, 3.05) is 20.1 Å². The average molecular weight is 322 g/mol. The second-order valence-electron chi connectivity index (χ2n) is 6.55. The van der Waals surface area contributed by atoms with Gasteiger partial charge in [0.2, 0.25) is 0 Å². The van der Waals surface area contributed by atoms with Crippen LogP contribution in [0.25, 0.3) is 22.2 Å². The van der Waals surface area contributed by atoms with Gasteiger partial charge in [0.1, 0.15) is 0 Å². The number of aromatic nitrogens is 4. The fraction of sp³-hybridized carbons (Fsp3) is 0.389. The normalized spacial score (nSPS) is 17.9. The van der Waals surface area contributed by atoms with Gasteiger partial charge >= 0.3 is 0 Å². The standard InChI is InChI=1S/C18H22N6/c1-23(16-7-8-19-10-16)12-15-4-6-17(21-20-15)13-3-5-18-14(9-13)11-24(2)22-18/h3-6,9,11,16,19H,7-8,10,12H2,1-2H3. The smallest absolute Gasteiger partial charge is 0.0930 e. The van der Waals surface area contributed by atoms with E-state index in [1.807, 2.05) is 24.0 Å². The third kappa shape index (κ3) is 3.02. The Morgan fingerprint density at radius 1 is 1.25 bits per heavy atom. The first-order valence-corrected chi connectivity index (χ1v) is 8.36. The van der Waals surface area contributed by atoms with Gasteiger partial charge in [-0.25, -0.2) is 0 Å². The van der Waals surface area contributed by atoms with E-state index in [0.29, 0.717) is 6.04 Å². The van der Waals surface area contributed by atoms with E-state index in [4.69, 9.17) is 0 Å². The van der Waals surface area contributed by atoms with E-state index in [0.717, 1.165) is 47.5 Å². The number of rotatable bonds is 4. The van der Waals surface area contributed by atoms with E-state index < -0.39 is 0 Å². The minimum atomic E-state index is 0.597. The van der Waals surface area contributed by atoms with E-state index in [-0.39, 0.29) is 0 Å². The Hall–Kier alpha value is -2.31. The summed E-state index contributed by atoms with van der Waals surface area (Å²) in [7, 11) is 4.09. The third-order valence-corrected chi connectivity index (χ3v) is 4.70. The molecule has 1 aliphatic rings. The van der Waals surface area contributed by atoms with Gasteiger partial charge in [-0.2, -0.15) is 15.3 Å². The number of nitrogens with zero attached hydrogens (tertiary/aromatic N) is 5. The molecule has 0 bridgehead atoms. The van der Waals surface area contributed by atoms with Gasteiger partial charge in [0.05, 0.1) is 16.9 Å². The molecule has 3 aromatic rings. The van der Waals surface area contributed by atoms with E-state index in [1.165, 1.54) is 6.42 Å². The van der Waals surface area contributed by atoms with Crippen LogP contribution in [-0.2, 0) is 13.6 Å². The first-order chi connectivity index (χ1) is 11.7. The number of benzene rings is 1. The number of hydrogen-bond donors (Lipinski definition) is 1. The summed E-state index contributed by atoms with van der Waals surface area (Å²) >= 11 is 0. The zero-order valence-corrected chi connectivity index (χ0v) is 14.1. The second-order valence-corrected chi connectivity index (χ2v) is 6.55. The van der Waals surface area contributed by atoms with Gasteiger partial charge in [-0.15, -0.1) is 0 Å². The number of nitrogens with one attached hydrogen (secondary N) is 1. The minimum absolute atomic E-state index is 0.597. The molecular weight excluding hydrogens is 300 g/mol. The van der Waals surface area contributed by atoms with Crippen LogP contribution in [0.5, 0.6) is 0 Å². The molecule has 1 fully saturated rings. The second kappa shape index (κ2) is 6.30. The molecule has 24 heavy (non-hydrogen) atoms. The van der Waals surface area contributed by atoms with Crippen molar-refractivity contribution in [1.82, 2.24) is 30.2 Å². The molecule has 0 aliphatic carbocycles. The minimum Gasteiger partial charge on any atom is -0.315 e. The first-order valence-electron chi connectivity index (χ1n) is 8.36. The van der Waals surface area contributed by atoms with Crippen LogP contribution in [0.3, 0.4) is 0 Å². The topological polar surface area (TPSA) is 58.9 Å². The van der Waals surface area contributed by atoms with Crippen molar-refractivity contribution in [1.29, 1.82) is 0 Å². The van der Waals surface area contributed by atoms with Gasteiger partial charge in [0.25, 0.3) is 0 Å². The molecule has 1 N–H and O–H groups in total. The van der Waals surface area contributed by atoms with Gasteiger partial charge in [0, 0.05) is 43.3 Å². The lowest BCUT2D eigenvalue weighted by molar-refractivity contribution is 0.245. The highest BCUT2D eigenvalue weighted by Crippen LogP contribution is 2.22. The van der Waals surface area contributed by atoms with Crippen molar-refractivity contribution >= 4 is 10.9 Å². The molecular formula is C18H22N6. The maximum atomic E-state index is 4.42. The molecule has 1 saturated heterocycles. The molecule has 3 heterocycles. The molecule has 1 unspecified atom stereocenters. The van der Waals surface area contributed by atoms with Crippen molar-refractivity contribution in [2.45, 2.75) is 19.0 Å². The van der Waals surface area contributed by atoms with E-state index in [9.17, 15) is 0 Å². The third-order valence-electron chi connectivity index (χ3n) is 4.70. The van der Waals surface area contributed by atoms with Crippen LogP contribution < -0.4 is 5.32 Å². The van der Waals surface area contributed by atoms with E-state index in [1.54, 1.807) is 0 Å². The van der Waals surface area contributed by atoms with Crippen LogP contribution in [0.1, 0.15) is 12.1 Å². The largest absolute Gasteiger partial charge is 0.315 e. The molecule has 6 nitrogen and oxygen atoms in total. The predicted molar refractivity (Wildman–Crippen MR) is 94.5 cm³/mol. The van der Waals surface area contributed by atoms with Crippen molar-refractivity contribution in [3.8, 4) is 11.3 Å². The highest BCUT2D eigenvalue weighted by molar-refractivity contribution is 5.83. The Labute approximate surface area is 141 Å². The SMILES string of the molecule is CN(Cc1ccc(-c2ccc3nn(C)cc3c2)nn1)C1CCNC1. The summed E-state index contributed by atoms with van der Waals surface area (Å²) in [6.07, 6.45) is 3.22. The molecule has 4 rings (SSSR count). The molecule has 0 radical (unpaired) electrons. The summed E-state index contributed by atoms with van der Waals surface area (Å²) in [6.45, 7) is 3.00. The van der Waals surface area contributed by atoms with Crippen molar-refractivity contribution in [2.24, 2.45) is 7.05 Å². The van der Waals surface area contributed by atoms with Gasteiger partial charge < -0.3 is 5.32 Å². The van der Waals surface area contributed by atoms with Crippen molar-refractivity contribution in [3.63, 3.8) is 0 Å². The Morgan fingerprint density at radius 3 is 2.92 bits per heavy atom. The summed E-state index contributed by atoms with van der Waals surface area (Å²) < 4.78 is 1.83. The predicted octanol–water partition coefficient (Wildman–Crippen LogP) is 1.82.